The molecule has 0 aliphatic heterocycles. The normalized spacial score (nSPS) is 26.7. The Bertz CT molecular complexity index is 723. The first kappa shape index (κ1) is 17.2. The van der Waals surface area contributed by atoms with E-state index in [4.69, 9.17) is 0 Å². The van der Waals surface area contributed by atoms with Crippen LogP contribution in [0.1, 0.15) is 30.6 Å². The van der Waals surface area contributed by atoms with E-state index in [0.29, 0.717) is 11.3 Å². The lowest BCUT2D eigenvalue weighted by molar-refractivity contribution is -0.146. The number of hydrogen-bond acceptors (Lipinski definition) is 3. The Morgan fingerprint density at radius 1 is 1.04 bits per heavy atom. The SMILES string of the molecule is CC(C)NC(=O)c1ccc(NC(=O)[C@@H]2[C@@H](C(=O)O)[C@H]3C=C[C@H]2C3)cc1. The van der Waals surface area contributed by atoms with Crippen LogP contribution in [-0.4, -0.2) is 28.9 Å². The van der Waals surface area contributed by atoms with Crippen LogP contribution in [0.5, 0.6) is 0 Å². The van der Waals surface area contributed by atoms with Crippen molar-refractivity contribution in [2.24, 2.45) is 23.7 Å². The molecular formula is C19H22N2O4. The summed E-state index contributed by atoms with van der Waals surface area (Å²) in [4.78, 5) is 36.0. The van der Waals surface area contributed by atoms with Crippen LogP contribution in [0.2, 0.25) is 0 Å². The maximum atomic E-state index is 12.6. The smallest absolute Gasteiger partial charge is 0.307 e. The molecule has 2 aliphatic carbocycles. The van der Waals surface area contributed by atoms with Crippen LogP contribution in [0, 0.1) is 23.7 Å². The first-order valence-corrected chi connectivity index (χ1v) is 8.49. The topological polar surface area (TPSA) is 95.5 Å². The third-order valence-corrected chi connectivity index (χ3v) is 4.88. The Balaban J connectivity index is 1.68. The molecule has 0 heterocycles. The number of anilines is 1. The molecule has 4 atom stereocenters. The van der Waals surface area contributed by atoms with Crippen molar-refractivity contribution in [2.75, 3.05) is 5.32 Å². The van der Waals surface area contributed by atoms with Gasteiger partial charge < -0.3 is 15.7 Å². The van der Waals surface area contributed by atoms with Crippen molar-refractivity contribution in [1.82, 2.24) is 5.32 Å². The van der Waals surface area contributed by atoms with Gasteiger partial charge in [0.15, 0.2) is 0 Å². The highest BCUT2D eigenvalue weighted by molar-refractivity contribution is 5.98. The number of benzene rings is 1. The number of nitrogens with one attached hydrogen (secondary N) is 2. The number of carbonyl (C=O) groups is 3. The summed E-state index contributed by atoms with van der Waals surface area (Å²) in [7, 11) is 0. The van der Waals surface area contributed by atoms with E-state index in [1.807, 2.05) is 26.0 Å². The minimum absolute atomic E-state index is 0.0119. The standard InChI is InChI=1S/C19H22N2O4/c1-10(2)20-17(22)11-5-7-14(8-6-11)21-18(23)15-12-3-4-13(9-12)16(15)19(24)25/h3-8,10,12-13,15-16H,9H2,1-2H3,(H,20,22)(H,21,23)(H,24,25)/t12-,13-,15-,16-/m0/s1. The molecule has 0 saturated heterocycles. The van der Waals surface area contributed by atoms with Crippen LogP contribution in [0.3, 0.4) is 0 Å². The fraction of sp³-hybridized carbons (Fsp3) is 0.421. The van der Waals surface area contributed by atoms with Gasteiger partial charge in [0.2, 0.25) is 5.91 Å². The van der Waals surface area contributed by atoms with Crippen molar-refractivity contribution in [1.29, 1.82) is 0 Å². The second-order valence-corrected chi connectivity index (χ2v) is 7.03. The Hall–Kier alpha value is -2.63. The highest BCUT2D eigenvalue weighted by atomic mass is 16.4. The van der Waals surface area contributed by atoms with E-state index in [-0.39, 0.29) is 29.7 Å². The van der Waals surface area contributed by atoms with E-state index in [0.717, 1.165) is 6.42 Å². The molecule has 6 heteroatoms. The molecule has 0 unspecified atom stereocenters. The molecule has 0 spiro atoms. The van der Waals surface area contributed by atoms with E-state index < -0.39 is 17.8 Å². The molecule has 0 aromatic heterocycles. The quantitative estimate of drug-likeness (QED) is 0.716. The number of allylic oxidation sites excluding steroid dienone is 2. The zero-order valence-electron chi connectivity index (χ0n) is 14.2. The fourth-order valence-electron chi connectivity index (χ4n) is 3.79. The highest BCUT2D eigenvalue weighted by Crippen LogP contribution is 2.48. The summed E-state index contributed by atoms with van der Waals surface area (Å²) >= 11 is 0. The first-order chi connectivity index (χ1) is 11.9. The third-order valence-electron chi connectivity index (χ3n) is 4.88. The van der Waals surface area contributed by atoms with Crippen LogP contribution < -0.4 is 10.6 Å². The average Bonchev–Trinajstić information content (AvgIpc) is 3.15. The predicted molar refractivity (Wildman–Crippen MR) is 93.0 cm³/mol. The van der Waals surface area contributed by atoms with Crippen molar-refractivity contribution >= 4 is 23.5 Å². The molecule has 1 saturated carbocycles. The predicted octanol–water partition coefficient (Wildman–Crippen LogP) is 2.29. The summed E-state index contributed by atoms with van der Waals surface area (Å²) in [6, 6.07) is 6.65. The molecule has 1 aromatic carbocycles. The van der Waals surface area contributed by atoms with E-state index in [2.05, 4.69) is 10.6 Å². The zero-order valence-corrected chi connectivity index (χ0v) is 14.2. The third kappa shape index (κ3) is 3.43. The van der Waals surface area contributed by atoms with Gasteiger partial charge in [0.05, 0.1) is 11.8 Å². The van der Waals surface area contributed by atoms with Crippen molar-refractivity contribution in [3.63, 3.8) is 0 Å². The molecule has 132 valence electrons. The molecule has 0 radical (unpaired) electrons. The summed E-state index contributed by atoms with van der Waals surface area (Å²) in [6.45, 7) is 3.77. The molecule has 2 amide bonds. The molecule has 1 fully saturated rings. The maximum Gasteiger partial charge on any atom is 0.307 e. The van der Waals surface area contributed by atoms with Gasteiger partial charge in [-0.3, -0.25) is 14.4 Å². The Kier molecular flexibility index (Phi) is 4.61. The number of rotatable bonds is 5. The van der Waals surface area contributed by atoms with Gasteiger partial charge in [0, 0.05) is 17.3 Å². The Labute approximate surface area is 146 Å². The van der Waals surface area contributed by atoms with Gasteiger partial charge in [0.1, 0.15) is 0 Å². The van der Waals surface area contributed by atoms with Gasteiger partial charge in [-0.1, -0.05) is 12.2 Å². The first-order valence-electron chi connectivity index (χ1n) is 8.49. The van der Waals surface area contributed by atoms with Crippen molar-refractivity contribution in [3.05, 3.63) is 42.0 Å². The van der Waals surface area contributed by atoms with E-state index >= 15 is 0 Å². The van der Waals surface area contributed by atoms with Crippen molar-refractivity contribution < 1.29 is 19.5 Å². The summed E-state index contributed by atoms with van der Waals surface area (Å²) in [5, 5.41) is 15.0. The van der Waals surface area contributed by atoms with Gasteiger partial charge >= 0.3 is 5.97 Å². The molecule has 3 rings (SSSR count). The van der Waals surface area contributed by atoms with E-state index in [9.17, 15) is 19.5 Å². The summed E-state index contributed by atoms with van der Waals surface area (Å²) in [6.07, 6.45) is 4.59. The number of carboxylic acid groups (broad SMARTS) is 1. The molecule has 2 aliphatic rings. The van der Waals surface area contributed by atoms with Gasteiger partial charge in [-0.2, -0.15) is 0 Å². The average molecular weight is 342 g/mol. The van der Waals surface area contributed by atoms with Crippen molar-refractivity contribution in [3.8, 4) is 0 Å². The second kappa shape index (κ2) is 6.70. The number of amides is 2. The zero-order chi connectivity index (χ0) is 18.1. The van der Waals surface area contributed by atoms with Gasteiger partial charge in [0.25, 0.3) is 5.91 Å². The van der Waals surface area contributed by atoms with Crippen LogP contribution in [0.25, 0.3) is 0 Å². The van der Waals surface area contributed by atoms with Crippen molar-refractivity contribution in [2.45, 2.75) is 26.3 Å². The minimum atomic E-state index is -0.919. The van der Waals surface area contributed by atoms with Crippen LogP contribution in [0.15, 0.2) is 36.4 Å². The van der Waals surface area contributed by atoms with E-state index in [1.54, 1.807) is 24.3 Å². The number of carboxylic acids is 1. The van der Waals surface area contributed by atoms with Crippen LogP contribution in [-0.2, 0) is 9.59 Å². The monoisotopic (exact) mass is 342 g/mol. The second-order valence-electron chi connectivity index (χ2n) is 7.03. The molecule has 2 bridgehead atoms. The van der Waals surface area contributed by atoms with Crippen LogP contribution >= 0.6 is 0 Å². The lowest BCUT2D eigenvalue weighted by atomic mass is 9.82. The molecular weight excluding hydrogens is 320 g/mol. The highest BCUT2D eigenvalue weighted by Gasteiger charge is 2.51. The Morgan fingerprint density at radius 3 is 2.20 bits per heavy atom. The molecule has 6 nitrogen and oxygen atoms in total. The number of fused-ring (bicyclic) bond motifs is 2. The van der Waals surface area contributed by atoms with Gasteiger partial charge in [-0.05, 0) is 56.4 Å². The maximum absolute atomic E-state index is 12.6. The molecule has 3 N–H and O–H groups in total. The van der Waals surface area contributed by atoms with Crippen LogP contribution in [0.4, 0.5) is 5.69 Å². The minimum Gasteiger partial charge on any atom is -0.481 e. The van der Waals surface area contributed by atoms with Gasteiger partial charge in [-0.15, -0.1) is 0 Å². The lowest BCUT2D eigenvalue weighted by Crippen LogP contribution is -2.36. The fourth-order valence-corrected chi connectivity index (χ4v) is 3.79. The Morgan fingerprint density at radius 2 is 1.64 bits per heavy atom. The number of carbonyl (C=O) groups excluding carboxylic acids is 2. The summed E-state index contributed by atoms with van der Waals surface area (Å²) in [5.41, 5.74) is 1.07. The summed E-state index contributed by atoms with van der Waals surface area (Å²) < 4.78 is 0. The van der Waals surface area contributed by atoms with Gasteiger partial charge in [-0.25, -0.2) is 0 Å². The summed E-state index contributed by atoms with van der Waals surface area (Å²) in [5.74, 6) is -2.64. The number of hydrogen-bond donors (Lipinski definition) is 3. The molecule has 1 aromatic rings. The lowest BCUT2D eigenvalue weighted by Gasteiger charge is -2.23. The van der Waals surface area contributed by atoms with E-state index in [1.165, 1.54) is 0 Å². The molecule has 25 heavy (non-hydrogen) atoms. The largest absolute Gasteiger partial charge is 0.481 e. The number of aliphatic carboxylic acids is 1.